The summed E-state index contributed by atoms with van der Waals surface area (Å²) >= 11 is 0. The van der Waals surface area contributed by atoms with Crippen LogP contribution in [0, 0.1) is 0 Å². The minimum Gasteiger partial charge on any atom is -0.379 e. The first-order valence-corrected chi connectivity index (χ1v) is 8.10. The molecule has 1 aromatic heterocycles. The second-order valence-corrected chi connectivity index (χ2v) is 5.52. The summed E-state index contributed by atoms with van der Waals surface area (Å²) in [4.78, 5) is 4.59. The molecule has 0 spiro atoms. The van der Waals surface area contributed by atoms with Gasteiger partial charge >= 0.3 is 0 Å². The summed E-state index contributed by atoms with van der Waals surface area (Å²) in [5.74, 6) is 0.857. The van der Waals surface area contributed by atoms with Gasteiger partial charge in [-0.25, -0.2) is 4.99 Å². The molecule has 1 atom stereocenters. The maximum Gasteiger partial charge on any atom is 0.191 e. The van der Waals surface area contributed by atoms with Crippen LogP contribution < -0.4 is 10.6 Å². The quantitative estimate of drug-likeness (QED) is 0.283. The van der Waals surface area contributed by atoms with Crippen LogP contribution in [0.2, 0.25) is 0 Å². The van der Waals surface area contributed by atoms with E-state index in [0.29, 0.717) is 12.6 Å². The number of halogens is 1. The lowest BCUT2D eigenvalue weighted by molar-refractivity contribution is 0.0420. The van der Waals surface area contributed by atoms with Crippen molar-refractivity contribution in [2.24, 2.45) is 12.0 Å². The average Bonchev–Trinajstić information content (AvgIpc) is 3.16. The fourth-order valence-corrected chi connectivity index (χ4v) is 2.34. The van der Waals surface area contributed by atoms with Crippen LogP contribution >= 0.6 is 24.0 Å². The van der Waals surface area contributed by atoms with Gasteiger partial charge in [-0.3, -0.25) is 0 Å². The molecule has 1 aromatic rings. The molecular weight excluding hydrogens is 407 g/mol. The third-order valence-electron chi connectivity index (χ3n) is 3.51. The maximum absolute atomic E-state index is 5.75. The fourth-order valence-electron chi connectivity index (χ4n) is 2.34. The largest absolute Gasteiger partial charge is 0.379 e. The molecule has 2 N–H and O–H groups in total. The van der Waals surface area contributed by atoms with Gasteiger partial charge in [0.05, 0.1) is 19.3 Å². The lowest BCUT2D eigenvalue weighted by atomic mass is 10.3. The highest BCUT2D eigenvalue weighted by Gasteiger charge is 2.15. The molecule has 2 rings (SSSR count). The Morgan fingerprint density at radius 1 is 1.48 bits per heavy atom. The number of rotatable bonds is 8. The molecule has 0 saturated carbocycles. The van der Waals surface area contributed by atoms with E-state index in [1.807, 2.05) is 17.8 Å². The van der Waals surface area contributed by atoms with Crippen LogP contribution in [-0.2, 0) is 23.1 Å². The van der Waals surface area contributed by atoms with Gasteiger partial charge in [-0.2, -0.15) is 0 Å². The number of aliphatic imine (C=N–C) groups is 1. The van der Waals surface area contributed by atoms with Crippen LogP contribution in [0.15, 0.2) is 23.5 Å². The van der Waals surface area contributed by atoms with Gasteiger partial charge in [-0.05, 0) is 31.4 Å². The molecule has 1 saturated heterocycles. The van der Waals surface area contributed by atoms with Crippen molar-refractivity contribution < 1.29 is 9.47 Å². The minimum atomic E-state index is 0. The molecule has 132 valence electrons. The molecule has 0 aliphatic carbocycles. The third kappa shape index (κ3) is 8.03. The third-order valence-corrected chi connectivity index (χ3v) is 3.51. The van der Waals surface area contributed by atoms with Crippen LogP contribution in [0.4, 0.5) is 0 Å². The second-order valence-electron chi connectivity index (χ2n) is 5.52. The summed E-state index contributed by atoms with van der Waals surface area (Å²) in [7, 11) is 2.02. The summed E-state index contributed by atoms with van der Waals surface area (Å²) in [6.07, 6.45) is 6.40. The van der Waals surface area contributed by atoms with Gasteiger partial charge in [-0.15, -0.1) is 24.0 Å². The first-order valence-electron chi connectivity index (χ1n) is 8.10. The Bertz CT molecular complexity index is 459. The predicted molar refractivity (Wildman–Crippen MR) is 103 cm³/mol. The summed E-state index contributed by atoms with van der Waals surface area (Å²) < 4.78 is 13.1. The van der Waals surface area contributed by atoms with Gasteiger partial charge in [0.25, 0.3) is 0 Å². The maximum atomic E-state index is 5.75. The van der Waals surface area contributed by atoms with Gasteiger partial charge in [0.15, 0.2) is 5.96 Å². The summed E-state index contributed by atoms with van der Waals surface area (Å²) in [5.41, 5.74) is 1.21. The van der Waals surface area contributed by atoms with Crippen LogP contribution in [0.25, 0.3) is 0 Å². The van der Waals surface area contributed by atoms with Crippen molar-refractivity contribution in [1.82, 2.24) is 15.2 Å². The Morgan fingerprint density at radius 2 is 2.35 bits per heavy atom. The number of nitrogens with zero attached hydrogens (tertiary/aromatic N) is 2. The molecule has 0 amide bonds. The standard InChI is InChI=1S/C16H28N4O2.HI/c1-3-17-16(19-11-14-5-8-20(2)12-14)18-7-4-9-22-15-6-10-21-13-15;/h5,8,12,15H,3-4,6-7,9-11,13H2,1-2H3,(H2,17,18,19);1H. The Morgan fingerprint density at radius 3 is 3.00 bits per heavy atom. The zero-order valence-electron chi connectivity index (χ0n) is 14.1. The summed E-state index contributed by atoms with van der Waals surface area (Å²) in [6, 6.07) is 2.09. The van der Waals surface area contributed by atoms with Crippen molar-refractivity contribution in [3.8, 4) is 0 Å². The van der Waals surface area contributed by atoms with Crippen molar-refractivity contribution in [2.75, 3.05) is 32.9 Å². The predicted octanol–water partition coefficient (Wildman–Crippen LogP) is 1.89. The van der Waals surface area contributed by atoms with Gasteiger partial charge in [0, 0.05) is 45.7 Å². The molecule has 0 radical (unpaired) electrons. The molecule has 0 aromatic carbocycles. The van der Waals surface area contributed by atoms with E-state index in [0.717, 1.165) is 51.7 Å². The van der Waals surface area contributed by atoms with Crippen LogP contribution in [0.3, 0.4) is 0 Å². The molecule has 1 fully saturated rings. The van der Waals surface area contributed by atoms with E-state index in [4.69, 9.17) is 9.47 Å². The molecule has 2 heterocycles. The minimum absolute atomic E-state index is 0. The van der Waals surface area contributed by atoms with E-state index in [1.54, 1.807) is 0 Å². The Hall–Kier alpha value is -0.800. The van der Waals surface area contributed by atoms with Crippen molar-refractivity contribution in [1.29, 1.82) is 0 Å². The van der Waals surface area contributed by atoms with E-state index in [1.165, 1.54) is 5.56 Å². The second kappa shape index (κ2) is 11.7. The van der Waals surface area contributed by atoms with Gasteiger partial charge in [0.1, 0.15) is 0 Å². The molecule has 6 nitrogen and oxygen atoms in total. The summed E-state index contributed by atoms with van der Waals surface area (Å²) in [5, 5.41) is 6.61. The molecule has 1 aliphatic rings. The number of hydrogen-bond donors (Lipinski definition) is 2. The highest BCUT2D eigenvalue weighted by Crippen LogP contribution is 2.07. The van der Waals surface area contributed by atoms with E-state index >= 15 is 0 Å². The monoisotopic (exact) mass is 436 g/mol. The lowest BCUT2D eigenvalue weighted by Crippen LogP contribution is -2.38. The smallest absolute Gasteiger partial charge is 0.191 e. The van der Waals surface area contributed by atoms with E-state index in [9.17, 15) is 0 Å². The van der Waals surface area contributed by atoms with Crippen molar-refractivity contribution in [2.45, 2.75) is 32.4 Å². The van der Waals surface area contributed by atoms with Crippen LogP contribution in [0.5, 0.6) is 0 Å². The summed E-state index contributed by atoms with van der Waals surface area (Å²) in [6.45, 7) is 6.81. The highest BCUT2D eigenvalue weighted by atomic mass is 127. The van der Waals surface area contributed by atoms with Gasteiger partial charge < -0.3 is 24.7 Å². The molecule has 0 bridgehead atoms. The normalized spacial score (nSPS) is 17.8. The van der Waals surface area contributed by atoms with E-state index in [-0.39, 0.29) is 24.0 Å². The van der Waals surface area contributed by atoms with Crippen molar-refractivity contribution in [3.63, 3.8) is 0 Å². The molecule has 1 unspecified atom stereocenters. The number of aromatic nitrogens is 1. The Labute approximate surface area is 156 Å². The number of ether oxygens (including phenoxy) is 2. The number of nitrogens with one attached hydrogen (secondary N) is 2. The van der Waals surface area contributed by atoms with E-state index < -0.39 is 0 Å². The van der Waals surface area contributed by atoms with Crippen molar-refractivity contribution in [3.05, 3.63) is 24.0 Å². The zero-order valence-corrected chi connectivity index (χ0v) is 16.4. The molecular formula is C16H29IN4O2. The first kappa shape index (κ1) is 20.2. The molecule has 1 aliphatic heterocycles. The topological polar surface area (TPSA) is 59.8 Å². The Balaban J connectivity index is 0.00000264. The molecule has 23 heavy (non-hydrogen) atoms. The fraction of sp³-hybridized carbons (Fsp3) is 0.688. The first-order chi connectivity index (χ1) is 10.8. The average molecular weight is 436 g/mol. The van der Waals surface area contributed by atoms with Gasteiger partial charge in [-0.1, -0.05) is 0 Å². The SMILES string of the molecule is CCNC(=NCc1ccn(C)c1)NCCCOC1CCOC1.I. The number of aryl methyl sites for hydroxylation is 1. The van der Waals surface area contributed by atoms with E-state index in [2.05, 4.69) is 34.8 Å². The highest BCUT2D eigenvalue weighted by molar-refractivity contribution is 14.0. The lowest BCUT2D eigenvalue weighted by Gasteiger charge is -2.12. The Kier molecular flexibility index (Phi) is 10.3. The van der Waals surface area contributed by atoms with Gasteiger partial charge in [0.2, 0.25) is 0 Å². The zero-order chi connectivity index (χ0) is 15.6. The number of hydrogen-bond acceptors (Lipinski definition) is 3. The van der Waals surface area contributed by atoms with Crippen LogP contribution in [0.1, 0.15) is 25.3 Å². The van der Waals surface area contributed by atoms with Crippen LogP contribution in [-0.4, -0.2) is 49.5 Å². The number of guanidine groups is 1. The molecule has 7 heteroatoms. The van der Waals surface area contributed by atoms with Crippen molar-refractivity contribution >= 4 is 29.9 Å².